The predicted octanol–water partition coefficient (Wildman–Crippen LogP) is 0.598. The fourth-order valence-electron chi connectivity index (χ4n) is 2.43. The van der Waals surface area contributed by atoms with Crippen LogP contribution in [0.3, 0.4) is 0 Å². The van der Waals surface area contributed by atoms with E-state index >= 15 is 0 Å². The number of H-pyrrole nitrogens is 2. The summed E-state index contributed by atoms with van der Waals surface area (Å²) in [7, 11) is 0. The Balaban J connectivity index is 1.97. The Morgan fingerprint density at radius 2 is 2.19 bits per heavy atom. The van der Waals surface area contributed by atoms with E-state index < -0.39 is 17.4 Å². The van der Waals surface area contributed by atoms with Gasteiger partial charge in [0, 0.05) is 30.1 Å². The number of aromatic amines is 2. The molecule has 0 amide bonds. The first kappa shape index (κ1) is 12.0. The van der Waals surface area contributed by atoms with E-state index in [2.05, 4.69) is 20.1 Å². The highest BCUT2D eigenvalue weighted by Crippen LogP contribution is 2.45. The molecule has 1 aliphatic rings. The zero-order valence-electron chi connectivity index (χ0n) is 10.7. The van der Waals surface area contributed by atoms with Crippen molar-refractivity contribution in [3.8, 4) is 11.3 Å². The van der Waals surface area contributed by atoms with E-state index in [-0.39, 0.29) is 11.5 Å². The second-order valence-electron chi connectivity index (χ2n) is 5.02. The first-order valence-corrected chi connectivity index (χ1v) is 6.44. The number of halogens is 1. The third-order valence-electron chi connectivity index (χ3n) is 3.59. The molecule has 8 heteroatoms. The Labute approximate surface area is 116 Å². The van der Waals surface area contributed by atoms with Crippen molar-refractivity contribution in [2.24, 2.45) is 0 Å². The average molecular weight is 287 g/mol. The normalized spacial score (nSPS) is 20.8. The molecule has 0 spiro atoms. The molecule has 21 heavy (non-hydrogen) atoms. The lowest BCUT2D eigenvalue weighted by Gasteiger charge is -2.05. The molecule has 1 aliphatic carbocycles. The number of hydrogen-bond donors (Lipinski definition) is 2. The molecule has 4 rings (SSSR count). The fraction of sp³-hybridized carbons (Fsp3) is 0.231. The van der Waals surface area contributed by atoms with Gasteiger partial charge in [-0.1, -0.05) is 0 Å². The molecule has 0 saturated heterocycles. The lowest BCUT2D eigenvalue weighted by atomic mass is 10.1. The van der Waals surface area contributed by atoms with E-state index in [4.69, 9.17) is 0 Å². The molecule has 106 valence electrons. The maximum Gasteiger partial charge on any atom is 0.325 e. The van der Waals surface area contributed by atoms with Gasteiger partial charge in [-0.3, -0.25) is 9.78 Å². The van der Waals surface area contributed by atoms with Crippen molar-refractivity contribution in [2.75, 3.05) is 0 Å². The summed E-state index contributed by atoms with van der Waals surface area (Å²) in [6.07, 6.45) is 4.08. The molecular formula is C13H10FN5O2. The van der Waals surface area contributed by atoms with Crippen molar-refractivity contribution >= 4 is 5.65 Å². The van der Waals surface area contributed by atoms with E-state index in [0.29, 0.717) is 17.8 Å². The molecular weight excluding hydrogens is 277 g/mol. The summed E-state index contributed by atoms with van der Waals surface area (Å²) >= 11 is 0. The summed E-state index contributed by atoms with van der Waals surface area (Å²) < 4.78 is 14.9. The van der Waals surface area contributed by atoms with Gasteiger partial charge < -0.3 is 4.98 Å². The molecule has 7 nitrogen and oxygen atoms in total. The van der Waals surface area contributed by atoms with Crippen molar-refractivity contribution in [3.63, 3.8) is 0 Å². The largest absolute Gasteiger partial charge is 0.325 e. The molecule has 0 bridgehead atoms. The molecule has 2 N–H and O–H groups in total. The van der Waals surface area contributed by atoms with Gasteiger partial charge in [-0.15, -0.1) is 0 Å². The van der Waals surface area contributed by atoms with Gasteiger partial charge in [-0.25, -0.2) is 18.7 Å². The van der Waals surface area contributed by atoms with Gasteiger partial charge in [-0.2, -0.15) is 5.10 Å². The van der Waals surface area contributed by atoms with Crippen molar-refractivity contribution in [1.29, 1.82) is 0 Å². The Morgan fingerprint density at radius 3 is 2.90 bits per heavy atom. The Bertz CT molecular complexity index is 957. The molecule has 0 aromatic carbocycles. The van der Waals surface area contributed by atoms with Crippen LogP contribution in [0.1, 0.15) is 17.9 Å². The standard InChI is InChI=1S/C13H10FN5O2/c14-9-3-6(9)7-4-10(18-19-2-1-15-11(7)19)8-5-16-13(21)17-12(8)20/h1-2,4-6,9H,3H2,(H2,16,17,20,21). The van der Waals surface area contributed by atoms with Crippen LogP contribution in [0.4, 0.5) is 4.39 Å². The number of hydrogen-bond acceptors (Lipinski definition) is 4. The summed E-state index contributed by atoms with van der Waals surface area (Å²) in [5.41, 5.74) is 0.783. The second-order valence-corrected chi connectivity index (χ2v) is 5.02. The average Bonchev–Trinajstić information content (AvgIpc) is 2.98. The van der Waals surface area contributed by atoms with Gasteiger partial charge in [-0.05, 0) is 12.5 Å². The van der Waals surface area contributed by atoms with E-state index in [0.717, 1.165) is 5.56 Å². The quantitative estimate of drug-likeness (QED) is 0.721. The van der Waals surface area contributed by atoms with E-state index in [1.54, 1.807) is 18.5 Å². The number of rotatable bonds is 2. The van der Waals surface area contributed by atoms with Crippen LogP contribution in [-0.4, -0.2) is 30.7 Å². The van der Waals surface area contributed by atoms with Crippen LogP contribution in [0.15, 0.2) is 34.2 Å². The summed E-state index contributed by atoms with van der Waals surface area (Å²) in [6.45, 7) is 0. The number of imidazole rings is 1. The molecule has 3 aromatic rings. The van der Waals surface area contributed by atoms with Gasteiger partial charge in [0.15, 0.2) is 5.65 Å². The van der Waals surface area contributed by atoms with Gasteiger partial charge in [0.05, 0.1) is 11.3 Å². The highest BCUT2D eigenvalue weighted by molar-refractivity contribution is 5.63. The second kappa shape index (κ2) is 4.11. The Hall–Kier alpha value is -2.77. The predicted molar refractivity (Wildman–Crippen MR) is 71.9 cm³/mol. The van der Waals surface area contributed by atoms with Crippen LogP contribution in [0.25, 0.3) is 16.9 Å². The number of alkyl halides is 1. The molecule has 1 fully saturated rings. The van der Waals surface area contributed by atoms with Gasteiger partial charge in [0.25, 0.3) is 5.56 Å². The first-order chi connectivity index (χ1) is 10.1. The highest BCUT2D eigenvalue weighted by Gasteiger charge is 2.40. The minimum atomic E-state index is -0.880. The zero-order chi connectivity index (χ0) is 14.6. The molecule has 2 unspecified atom stereocenters. The maximum atomic E-state index is 13.4. The number of nitrogens with zero attached hydrogens (tertiary/aromatic N) is 3. The van der Waals surface area contributed by atoms with Crippen molar-refractivity contribution in [1.82, 2.24) is 24.6 Å². The van der Waals surface area contributed by atoms with E-state index in [1.165, 1.54) is 10.7 Å². The van der Waals surface area contributed by atoms with Crippen molar-refractivity contribution in [3.05, 3.63) is 51.1 Å². The Kier molecular flexibility index (Phi) is 2.35. The van der Waals surface area contributed by atoms with Crippen LogP contribution >= 0.6 is 0 Å². The molecule has 3 heterocycles. The van der Waals surface area contributed by atoms with Gasteiger partial charge in [0.2, 0.25) is 0 Å². The molecule has 1 saturated carbocycles. The lowest BCUT2D eigenvalue weighted by molar-refractivity contribution is 0.468. The maximum absolute atomic E-state index is 13.4. The highest BCUT2D eigenvalue weighted by atomic mass is 19.1. The summed E-state index contributed by atoms with van der Waals surface area (Å²) in [5.74, 6) is -0.210. The van der Waals surface area contributed by atoms with Crippen molar-refractivity contribution < 1.29 is 4.39 Å². The van der Waals surface area contributed by atoms with Crippen molar-refractivity contribution in [2.45, 2.75) is 18.5 Å². The van der Waals surface area contributed by atoms with E-state index in [9.17, 15) is 14.0 Å². The summed E-state index contributed by atoms with van der Waals surface area (Å²) in [5, 5.41) is 4.28. The number of fused-ring (bicyclic) bond motifs is 1. The zero-order valence-corrected chi connectivity index (χ0v) is 10.7. The van der Waals surface area contributed by atoms with Crippen LogP contribution in [-0.2, 0) is 0 Å². The molecule has 2 atom stereocenters. The van der Waals surface area contributed by atoms with Gasteiger partial charge >= 0.3 is 5.69 Å². The monoisotopic (exact) mass is 287 g/mol. The lowest BCUT2D eigenvalue weighted by Crippen LogP contribution is -2.23. The SMILES string of the molecule is O=c1[nH]cc(-c2cc(C3CC3F)c3nccn3n2)c(=O)[nH]1. The third-order valence-corrected chi connectivity index (χ3v) is 3.59. The van der Waals surface area contributed by atoms with E-state index in [1.807, 2.05) is 0 Å². The van der Waals surface area contributed by atoms with Crippen LogP contribution in [0.2, 0.25) is 0 Å². The Morgan fingerprint density at radius 1 is 1.38 bits per heavy atom. The summed E-state index contributed by atoms with van der Waals surface area (Å²) in [6, 6.07) is 1.66. The number of nitrogens with one attached hydrogen (secondary N) is 2. The van der Waals surface area contributed by atoms with Crippen LogP contribution in [0.5, 0.6) is 0 Å². The van der Waals surface area contributed by atoms with Crippen LogP contribution in [0, 0.1) is 0 Å². The fourth-order valence-corrected chi connectivity index (χ4v) is 2.43. The molecule has 3 aromatic heterocycles. The number of aromatic nitrogens is 5. The topological polar surface area (TPSA) is 95.9 Å². The first-order valence-electron chi connectivity index (χ1n) is 6.44. The smallest absolute Gasteiger partial charge is 0.313 e. The molecule has 0 aliphatic heterocycles. The van der Waals surface area contributed by atoms with Gasteiger partial charge in [0.1, 0.15) is 6.17 Å². The minimum Gasteiger partial charge on any atom is -0.313 e. The van der Waals surface area contributed by atoms with Crippen LogP contribution < -0.4 is 11.2 Å². The minimum absolute atomic E-state index is 0.210. The summed E-state index contributed by atoms with van der Waals surface area (Å²) in [4.78, 5) is 31.7. The molecule has 0 radical (unpaired) electrons. The third kappa shape index (κ3) is 1.87.